The minimum Gasteiger partial charge on any atom is -0.391 e. The van der Waals surface area contributed by atoms with E-state index in [-0.39, 0.29) is 17.7 Å². The first-order valence-electron chi connectivity index (χ1n) is 14.1. The number of nitrogens with zero attached hydrogens (tertiary/aromatic N) is 1. The number of rotatable bonds is 10. The zero-order chi connectivity index (χ0) is 25.3. The molecule has 2 saturated carbocycles. The lowest BCUT2D eigenvalue weighted by Crippen LogP contribution is -2.46. The number of aliphatic hydroxyl groups excluding tert-OH is 1. The fourth-order valence-electron chi connectivity index (χ4n) is 6.43. The molecule has 2 aliphatic carbocycles. The Morgan fingerprint density at radius 2 is 1.58 bits per heavy atom. The third kappa shape index (κ3) is 7.06. The van der Waals surface area contributed by atoms with Crippen LogP contribution in [-0.4, -0.2) is 41.1 Å². The third-order valence-electron chi connectivity index (χ3n) is 8.49. The van der Waals surface area contributed by atoms with Crippen molar-refractivity contribution in [2.24, 2.45) is 17.8 Å². The Kier molecular flexibility index (Phi) is 9.74. The van der Waals surface area contributed by atoms with E-state index in [1.807, 2.05) is 24.3 Å². The topological polar surface area (TPSA) is 91.3 Å². The van der Waals surface area contributed by atoms with Gasteiger partial charge in [0.15, 0.2) is 0 Å². The number of aromatic nitrogens is 1. The second-order valence-electron chi connectivity index (χ2n) is 11.1. The number of hydrogen-bond donors (Lipinski definition) is 3. The van der Waals surface area contributed by atoms with E-state index >= 15 is 0 Å². The van der Waals surface area contributed by atoms with E-state index in [1.54, 1.807) is 19.4 Å². The van der Waals surface area contributed by atoms with Gasteiger partial charge < -0.3 is 15.7 Å². The lowest BCUT2D eigenvalue weighted by atomic mass is 9.79. The maximum Gasteiger partial charge on any atom is 0.253 e. The Morgan fingerprint density at radius 1 is 0.944 bits per heavy atom. The van der Waals surface area contributed by atoms with Crippen molar-refractivity contribution in [2.45, 2.75) is 95.6 Å². The normalized spacial score (nSPS) is 19.9. The van der Waals surface area contributed by atoms with E-state index in [4.69, 9.17) is 0 Å². The van der Waals surface area contributed by atoms with Crippen LogP contribution in [0.2, 0.25) is 0 Å². The molecule has 2 aromatic rings. The molecule has 0 unspecified atom stereocenters. The van der Waals surface area contributed by atoms with E-state index < -0.39 is 12.1 Å². The van der Waals surface area contributed by atoms with E-state index in [2.05, 4.69) is 15.6 Å². The van der Waals surface area contributed by atoms with Crippen LogP contribution in [-0.2, 0) is 4.79 Å². The van der Waals surface area contributed by atoms with Crippen LogP contribution < -0.4 is 10.6 Å². The number of carbonyl (C=O) groups excluding carboxylic acids is 2. The van der Waals surface area contributed by atoms with E-state index in [9.17, 15) is 14.7 Å². The fourth-order valence-corrected chi connectivity index (χ4v) is 6.43. The Hall–Kier alpha value is -2.47. The quantitative estimate of drug-likeness (QED) is 0.414. The van der Waals surface area contributed by atoms with Crippen LogP contribution in [0.5, 0.6) is 0 Å². The molecular weight excluding hydrogens is 450 g/mol. The average Bonchev–Trinajstić information content (AvgIpc) is 2.92. The van der Waals surface area contributed by atoms with Crippen molar-refractivity contribution >= 4 is 22.6 Å². The first-order valence-corrected chi connectivity index (χ1v) is 14.1. The Labute approximate surface area is 215 Å². The summed E-state index contributed by atoms with van der Waals surface area (Å²) in [7, 11) is 1.68. The largest absolute Gasteiger partial charge is 0.391 e. The standard InChI is InChI=1S/C30H43N3O3/c1-31-29(35)24(16-21-10-4-2-5-11-21)18-28(34)27(17-22-12-6-3-7-13-22)33-30(36)26-20-32-19-23-14-8-9-15-25(23)26/h8-9,14-15,19-22,24,27-28,34H,2-7,10-13,16-18H2,1H3,(H,31,35)(H,33,36)/t24-,27+,28+/m1/s1. The molecule has 0 saturated heterocycles. The molecule has 36 heavy (non-hydrogen) atoms. The second-order valence-corrected chi connectivity index (χ2v) is 11.1. The Morgan fingerprint density at radius 3 is 2.25 bits per heavy atom. The monoisotopic (exact) mass is 493 g/mol. The van der Waals surface area contributed by atoms with Crippen molar-refractivity contribution in [3.05, 3.63) is 42.2 Å². The van der Waals surface area contributed by atoms with Crippen molar-refractivity contribution < 1.29 is 14.7 Å². The van der Waals surface area contributed by atoms with Gasteiger partial charge in [0.05, 0.1) is 17.7 Å². The molecule has 3 N–H and O–H groups in total. The van der Waals surface area contributed by atoms with Gasteiger partial charge in [0.2, 0.25) is 5.91 Å². The van der Waals surface area contributed by atoms with Crippen LogP contribution in [0.25, 0.3) is 10.8 Å². The van der Waals surface area contributed by atoms with Crippen molar-refractivity contribution in [3.8, 4) is 0 Å². The smallest absolute Gasteiger partial charge is 0.253 e. The number of nitrogens with one attached hydrogen (secondary N) is 2. The predicted octanol–water partition coefficient (Wildman–Crippen LogP) is 5.39. The highest BCUT2D eigenvalue weighted by molar-refractivity contribution is 6.06. The minimum atomic E-state index is -0.773. The van der Waals surface area contributed by atoms with Gasteiger partial charge in [0.25, 0.3) is 5.91 Å². The SMILES string of the molecule is CNC(=O)[C@H](CC1CCCCC1)C[C@H](O)[C@H](CC1CCCCC1)NC(=O)c1cncc2ccccc12. The summed E-state index contributed by atoms with van der Waals surface area (Å²) in [5.74, 6) is 0.587. The first kappa shape index (κ1) is 26.6. The highest BCUT2D eigenvalue weighted by Crippen LogP contribution is 2.33. The highest BCUT2D eigenvalue weighted by Gasteiger charge is 2.32. The summed E-state index contributed by atoms with van der Waals surface area (Å²) in [5.41, 5.74) is 0.527. The van der Waals surface area contributed by atoms with Gasteiger partial charge in [0, 0.05) is 30.7 Å². The van der Waals surface area contributed by atoms with Crippen molar-refractivity contribution in [3.63, 3.8) is 0 Å². The lowest BCUT2D eigenvalue weighted by molar-refractivity contribution is -0.126. The number of amides is 2. The van der Waals surface area contributed by atoms with Gasteiger partial charge in [0.1, 0.15) is 0 Å². The zero-order valence-corrected chi connectivity index (χ0v) is 21.8. The molecule has 1 aromatic carbocycles. The molecule has 0 aliphatic heterocycles. The number of hydrogen-bond acceptors (Lipinski definition) is 4. The summed E-state index contributed by atoms with van der Waals surface area (Å²) in [5, 5.41) is 19.3. The summed E-state index contributed by atoms with van der Waals surface area (Å²) < 4.78 is 0. The van der Waals surface area contributed by atoms with Crippen LogP contribution in [0.15, 0.2) is 36.7 Å². The van der Waals surface area contributed by atoms with E-state index in [1.165, 1.54) is 51.4 Å². The van der Waals surface area contributed by atoms with Crippen molar-refractivity contribution in [1.82, 2.24) is 15.6 Å². The number of carbonyl (C=O) groups is 2. The molecule has 2 aliphatic rings. The number of benzene rings is 1. The summed E-state index contributed by atoms with van der Waals surface area (Å²) >= 11 is 0. The molecule has 3 atom stereocenters. The van der Waals surface area contributed by atoms with Crippen LogP contribution in [0.1, 0.15) is 93.8 Å². The van der Waals surface area contributed by atoms with Gasteiger partial charge >= 0.3 is 0 Å². The fraction of sp³-hybridized carbons (Fsp3) is 0.633. The molecule has 1 aromatic heterocycles. The number of fused-ring (bicyclic) bond motifs is 1. The molecule has 4 rings (SSSR count). The van der Waals surface area contributed by atoms with Crippen LogP contribution >= 0.6 is 0 Å². The molecule has 6 nitrogen and oxygen atoms in total. The predicted molar refractivity (Wildman–Crippen MR) is 144 cm³/mol. The molecule has 1 heterocycles. The van der Waals surface area contributed by atoms with Crippen LogP contribution in [0, 0.1) is 17.8 Å². The molecule has 6 heteroatoms. The molecule has 0 spiro atoms. The maximum absolute atomic E-state index is 13.5. The summed E-state index contributed by atoms with van der Waals surface area (Å²) in [4.78, 5) is 30.5. The Balaban J connectivity index is 1.50. The highest BCUT2D eigenvalue weighted by atomic mass is 16.3. The zero-order valence-electron chi connectivity index (χ0n) is 21.8. The molecule has 196 valence electrons. The average molecular weight is 494 g/mol. The van der Waals surface area contributed by atoms with Crippen molar-refractivity contribution in [1.29, 1.82) is 0 Å². The second kappa shape index (κ2) is 13.2. The third-order valence-corrected chi connectivity index (χ3v) is 8.49. The molecule has 2 amide bonds. The molecule has 2 fully saturated rings. The van der Waals surface area contributed by atoms with Gasteiger partial charge in [-0.15, -0.1) is 0 Å². The van der Waals surface area contributed by atoms with Crippen LogP contribution in [0.4, 0.5) is 0 Å². The summed E-state index contributed by atoms with van der Waals surface area (Å²) in [6.45, 7) is 0. The first-order chi connectivity index (χ1) is 17.5. The minimum absolute atomic E-state index is 0.000574. The molecule has 0 bridgehead atoms. The van der Waals surface area contributed by atoms with E-state index in [0.717, 1.165) is 36.5 Å². The van der Waals surface area contributed by atoms with Gasteiger partial charge in [-0.25, -0.2) is 0 Å². The maximum atomic E-state index is 13.5. The van der Waals surface area contributed by atoms with Gasteiger partial charge in [-0.2, -0.15) is 0 Å². The summed E-state index contributed by atoms with van der Waals surface area (Å²) in [6, 6.07) is 7.36. The van der Waals surface area contributed by atoms with E-state index in [0.29, 0.717) is 23.8 Å². The van der Waals surface area contributed by atoms with Gasteiger partial charge in [-0.05, 0) is 36.5 Å². The number of aliphatic hydroxyl groups is 1. The van der Waals surface area contributed by atoms with Gasteiger partial charge in [-0.3, -0.25) is 14.6 Å². The van der Waals surface area contributed by atoms with Crippen LogP contribution in [0.3, 0.4) is 0 Å². The lowest BCUT2D eigenvalue weighted by Gasteiger charge is -2.32. The molecule has 0 radical (unpaired) electrons. The van der Waals surface area contributed by atoms with Crippen molar-refractivity contribution in [2.75, 3.05) is 7.05 Å². The molecular formula is C30H43N3O3. The Bertz CT molecular complexity index is 993. The number of pyridine rings is 1. The van der Waals surface area contributed by atoms with Gasteiger partial charge in [-0.1, -0.05) is 88.5 Å². The summed E-state index contributed by atoms with van der Waals surface area (Å²) in [6.07, 6.45) is 16.5.